The van der Waals surface area contributed by atoms with Crippen LogP contribution in [0.5, 0.6) is 0 Å². The number of hydrogen-bond acceptors (Lipinski definition) is 2. The van der Waals surface area contributed by atoms with Crippen LogP contribution in [-0.2, 0) is 9.47 Å². The van der Waals surface area contributed by atoms with E-state index in [0.717, 1.165) is 13.0 Å². The highest BCUT2D eigenvalue weighted by molar-refractivity contribution is 6.14. The van der Waals surface area contributed by atoms with E-state index in [2.05, 4.69) is 76.2 Å². The maximum atomic E-state index is 6.28. The molecule has 136 valence electrons. The van der Waals surface area contributed by atoms with Crippen LogP contribution in [0.4, 0.5) is 0 Å². The molecule has 3 heteroatoms. The van der Waals surface area contributed by atoms with E-state index in [0.29, 0.717) is 18.4 Å². The van der Waals surface area contributed by atoms with Crippen LogP contribution in [0.15, 0.2) is 0 Å². The van der Waals surface area contributed by atoms with Crippen LogP contribution in [-0.4, -0.2) is 32.3 Å². The van der Waals surface area contributed by atoms with Gasteiger partial charge >= 0.3 is 0 Å². The van der Waals surface area contributed by atoms with Crippen LogP contribution >= 0.6 is 0 Å². The third-order valence-corrected chi connectivity index (χ3v) is 6.19. The first kappa shape index (κ1) is 23.0. The van der Waals surface area contributed by atoms with Gasteiger partial charge in [-0.05, 0) is 51.4 Å². The molecule has 0 saturated carbocycles. The molecule has 2 nitrogen and oxygen atoms in total. The molecule has 0 rings (SSSR count). The summed E-state index contributed by atoms with van der Waals surface area (Å²) in [5.41, 5.74) is -0.282. The zero-order valence-corrected chi connectivity index (χ0v) is 17.7. The Hall–Kier alpha value is -0.0151. The molecule has 0 spiro atoms. The topological polar surface area (TPSA) is 18.5 Å². The normalized spacial score (nSPS) is 16.0. The quantitative estimate of drug-likeness (QED) is 0.483. The van der Waals surface area contributed by atoms with Crippen molar-refractivity contribution in [1.82, 2.24) is 0 Å². The van der Waals surface area contributed by atoms with Gasteiger partial charge in [0, 0.05) is 13.2 Å². The average molecular weight is 324 g/mol. The smallest absolute Gasteiger partial charge is 0.0743 e. The predicted molar refractivity (Wildman–Crippen MR) is 102 cm³/mol. The predicted octanol–water partition coefficient (Wildman–Crippen LogP) is 5.65. The molecule has 0 heterocycles. The third kappa shape index (κ3) is 7.17. The van der Waals surface area contributed by atoms with Crippen molar-refractivity contribution < 1.29 is 9.47 Å². The van der Waals surface area contributed by atoms with Crippen molar-refractivity contribution >= 4 is 7.85 Å². The molecule has 0 aliphatic rings. The molecule has 0 aliphatic carbocycles. The Morgan fingerprint density at radius 2 is 1.30 bits per heavy atom. The second-order valence-electron chi connectivity index (χ2n) is 9.78. The summed E-state index contributed by atoms with van der Waals surface area (Å²) in [7, 11) is 6.17. The van der Waals surface area contributed by atoms with E-state index in [4.69, 9.17) is 17.3 Å². The summed E-state index contributed by atoms with van der Waals surface area (Å²) in [4.78, 5) is 0. The molecule has 0 fully saturated rings. The highest BCUT2D eigenvalue weighted by Gasteiger charge is 2.39. The average Bonchev–Trinajstić information content (AvgIpc) is 2.33. The van der Waals surface area contributed by atoms with E-state index in [1.165, 1.54) is 0 Å². The molecule has 0 saturated heterocycles. The minimum absolute atomic E-state index is 0.0263. The molecular weight excluding hydrogens is 283 g/mol. The molecule has 0 aromatic heterocycles. The van der Waals surface area contributed by atoms with Crippen LogP contribution in [0.2, 0.25) is 5.31 Å². The van der Waals surface area contributed by atoms with Gasteiger partial charge in [0.1, 0.15) is 0 Å². The summed E-state index contributed by atoms with van der Waals surface area (Å²) < 4.78 is 12.4. The second kappa shape index (κ2) is 7.91. The summed E-state index contributed by atoms with van der Waals surface area (Å²) in [6, 6.07) is 0. The van der Waals surface area contributed by atoms with Gasteiger partial charge in [0.05, 0.1) is 19.0 Å². The van der Waals surface area contributed by atoms with Crippen LogP contribution < -0.4 is 0 Å². The molecule has 2 radical (unpaired) electrons. The van der Waals surface area contributed by atoms with Crippen LogP contribution in [0, 0.1) is 17.3 Å². The molecule has 1 unspecified atom stereocenters. The Bertz CT molecular complexity index is 351. The Morgan fingerprint density at radius 1 is 0.826 bits per heavy atom. The Morgan fingerprint density at radius 3 is 1.70 bits per heavy atom. The van der Waals surface area contributed by atoms with Crippen molar-refractivity contribution in [1.29, 1.82) is 0 Å². The zero-order valence-electron chi connectivity index (χ0n) is 17.7. The molecule has 1 atom stereocenters. The molecule has 0 amide bonds. The molecular formula is C20H41BO2. The fraction of sp³-hybridized carbons (Fsp3) is 1.00. The van der Waals surface area contributed by atoms with Crippen molar-refractivity contribution in [2.75, 3.05) is 13.2 Å². The van der Waals surface area contributed by atoms with Crippen molar-refractivity contribution in [3.8, 4) is 0 Å². The van der Waals surface area contributed by atoms with E-state index in [1.54, 1.807) is 0 Å². The van der Waals surface area contributed by atoms with Crippen molar-refractivity contribution in [3.63, 3.8) is 0 Å². The Labute approximate surface area is 147 Å². The number of ether oxygens (including phenoxy) is 2. The highest BCUT2D eigenvalue weighted by Crippen LogP contribution is 2.39. The van der Waals surface area contributed by atoms with E-state index < -0.39 is 0 Å². The largest absolute Gasteiger partial charge is 0.375 e. The molecule has 23 heavy (non-hydrogen) atoms. The van der Waals surface area contributed by atoms with E-state index >= 15 is 0 Å². The van der Waals surface area contributed by atoms with Gasteiger partial charge in [0.25, 0.3) is 0 Å². The maximum absolute atomic E-state index is 6.28. The van der Waals surface area contributed by atoms with Crippen LogP contribution in [0.25, 0.3) is 0 Å². The third-order valence-electron chi connectivity index (χ3n) is 6.19. The lowest BCUT2D eigenvalue weighted by molar-refractivity contribution is -0.129. The van der Waals surface area contributed by atoms with Crippen molar-refractivity contribution in [2.24, 2.45) is 17.3 Å². The first-order valence-electron chi connectivity index (χ1n) is 9.10. The van der Waals surface area contributed by atoms with Crippen molar-refractivity contribution in [2.45, 2.75) is 99.1 Å². The monoisotopic (exact) mass is 324 g/mol. The minimum atomic E-state index is -0.224. The summed E-state index contributed by atoms with van der Waals surface area (Å²) >= 11 is 0. The molecule has 0 aliphatic heterocycles. The molecule has 0 aromatic rings. The van der Waals surface area contributed by atoms with Gasteiger partial charge in [-0.15, -0.1) is 0 Å². The van der Waals surface area contributed by atoms with Crippen LogP contribution in [0.3, 0.4) is 0 Å². The fourth-order valence-electron chi connectivity index (χ4n) is 1.78. The lowest BCUT2D eigenvalue weighted by atomic mass is 9.64. The van der Waals surface area contributed by atoms with E-state index in [1.807, 2.05) is 0 Å². The van der Waals surface area contributed by atoms with Gasteiger partial charge in [-0.25, -0.2) is 0 Å². The van der Waals surface area contributed by atoms with Gasteiger partial charge in [0.2, 0.25) is 0 Å². The van der Waals surface area contributed by atoms with E-state index in [-0.39, 0.29) is 21.9 Å². The number of hydrogen-bond donors (Lipinski definition) is 0. The molecule has 0 N–H and O–H groups in total. The first-order chi connectivity index (χ1) is 10.0. The summed E-state index contributed by atoms with van der Waals surface area (Å²) in [6.07, 6.45) is 0.969. The van der Waals surface area contributed by atoms with Gasteiger partial charge in [-0.3, -0.25) is 0 Å². The molecule has 0 bridgehead atoms. The highest BCUT2D eigenvalue weighted by atomic mass is 16.5. The van der Waals surface area contributed by atoms with Gasteiger partial charge in [0.15, 0.2) is 0 Å². The van der Waals surface area contributed by atoms with E-state index in [9.17, 15) is 0 Å². The standard InChI is InChI=1S/C20H41BO2/c1-15(2)19(8,9)22-13-12-17(4,5)20(10,11)23-14-16(3)18(6,7)21/h15-16H,12-14H2,1-11H3. The van der Waals surface area contributed by atoms with Crippen molar-refractivity contribution in [3.05, 3.63) is 0 Å². The van der Waals surface area contributed by atoms with Crippen LogP contribution in [0.1, 0.15) is 82.6 Å². The summed E-state index contributed by atoms with van der Waals surface area (Å²) in [6.45, 7) is 25.3. The number of rotatable bonds is 10. The lowest BCUT2D eigenvalue weighted by Crippen LogP contribution is -2.44. The van der Waals surface area contributed by atoms with Gasteiger partial charge < -0.3 is 9.47 Å². The van der Waals surface area contributed by atoms with Gasteiger partial charge in [-0.2, -0.15) is 0 Å². The fourth-order valence-corrected chi connectivity index (χ4v) is 1.78. The Kier molecular flexibility index (Phi) is 7.90. The lowest BCUT2D eigenvalue weighted by Gasteiger charge is -2.44. The minimum Gasteiger partial charge on any atom is -0.375 e. The SMILES string of the molecule is [B]C(C)(C)C(C)COC(C)(C)C(C)(C)CCOC(C)(C)C(C)C. The second-order valence-corrected chi connectivity index (χ2v) is 9.78. The van der Waals surface area contributed by atoms with Gasteiger partial charge in [-0.1, -0.05) is 53.8 Å². The first-order valence-corrected chi connectivity index (χ1v) is 9.10. The maximum Gasteiger partial charge on any atom is 0.0743 e. The Balaban J connectivity index is 4.60. The molecule has 0 aromatic carbocycles. The summed E-state index contributed by atoms with van der Waals surface area (Å²) in [5.74, 6) is 0.816. The summed E-state index contributed by atoms with van der Waals surface area (Å²) in [5, 5.41) is -0.218. The zero-order chi connectivity index (χ0) is 18.7.